The van der Waals surface area contributed by atoms with E-state index < -0.39 is 0 Å². The van der Waals surface area contributed by atoms with E-state index in [9.17, 15) is 4.79 Å². The number of aryl methyl sites for hydroxylation is 1. The molecule has 1 aromatic heterocycles. The van der Waals surface area contributed by atoms with Crippen molar-refractivity contribution in [1.29, 1.82) is 0 Å². The first-order chi connectivity index (χ1) is 15.1. The Morgan fingerprint density at radius 1 is 1.23 bits per heavy atom. The number of carbonyl (C=O) groups excluding carboxylic acids is 1. The van der Waals surface area contributed by atoms with E-state index in [0.29, 0.717) is 6.61 Å². The van der Waals surface area contributed by atoms with Crippen LogP contribution in [-0.4, -0.2) is 62.1 Å². The lowest BCUT2D eigenvalue weighted by Gasteiger charge is -2.35. The number of amides is 1. The fourth-order valence-corrected chi connectivity index (χ4v) is 4.42. The van der Waals surface area contributed by atoms with Gasteiger partial charge in [0.25, 0.3) is 0 Å². The van der Waals surface area contributed by atoms with Gasteiger partial charge >= 0.3 is 0 Å². The summed E-state index contributed by atoms with van der Waals surface area (Å²) < 4.78 is 11.7. The molecule has 1 amide bonds. The molecular formula is C25H31N3O3. The molecule has 1 aliphatic rings. The minimum atomic E-state index is 0.0250. The smallest absolute Gasteiger partial charge is 0.210 e. The number of aromatic nitrogens is 1. The summed E-state index contributed by atoms with van der Waals surface area (Å²) in [5.41, 5.74) is 4.83. The predicted molar refractivity (Wildman–Crippen MR) is 123 cm³/mol. The number of rotatable bonds is 9. The van der Waals surface area contributed by atoms with Crippen molar-refractivity contribution in [2.24, 2.45) is 0 Å². The molecule has 0 aliphatic carbocycles. The Morgan fingerprint density at radius 3 is 2.84 bits per heavy atom. The van der Waals surface area contributed by atoms with Crippen LogP contribution in [0.5, 0.6) is 11.5 Å². The van der Waals surface area contributed by atoms with E-state index >= 15 is 0 Å². The van der Waals surface area contributed by atoms with Crippen molar-refractivity contribution < 1.29 is 14.3 Å². The van der Waals surface area contributed by atoms with E-state index in [4.69, 9.17) is 9.47 Å². The summed E-state index contributed by atoms with van der Waals surface area (Å²) in [4.78, 5) is 19.2. The number of ether oxygens (including phenoxy) is 2. The molecular weight excluding hydrogens is 390 g/mol. The Balaban J connectivity index is 1.60. The van der Waals surface area contributed by atoms with Gasteiger partial charge in [-0.15, -0.1) is 0 Å². The van der Waals surface area contributed by atoms with Crippen molar-refractivity contribution in [2.45, 2.75) is 25.3 Å². The number of carbonyl (C=O) groups is 1. The Hall–Kier alpha value is -2.99. The topological polar surface area (TPSA) is 57.8 Å². The monoisotopic (exact) mass is 421 g/mol. The maximum atomic E-state index is 11.9. The molecule has 1 unspecified atom stereocenters. The lowest BCUT2D eigenvalue weighted by Crippen LogP contribution is -2.34. The third-order valence-electron chi connectivity index (χ3n) is 6.12. The number of para-hydroxylation sites is 1. The van der Waals surface area contributed by atoms with E-state index in [1.807, 2.05) is 25.1 Å². The zero-order chi connectivity index (χ0) is 21.8. The van der Waals surface area contributed by atoms with Gasteiger partial charge in [-0.2, -0.15) is 0 Å². The van der Waals surface area contributed by atoms with E-state index in [2.05, 4.69) is 46.4 Å². The first kappa shape index (κ1) is 21.2. The van der Waals surface area contributed by atoms with Crippen LogP contribution in [-0.2, 0) is 17.6 Å². The number of likely N-dealkylation sites (N-methyl/N-ethyl adjacent to an activating group) is 1. The second-order valence-electron chi connectivity index (χ2n) is 8.36. The van der Waals surface area contributed by atoms with Crippen LogP contribution in [0.3, 0.4) is 0 Å². The van der Waals surface area contributed by atoms with Crippen LogP contribution in [0.15, 0.2) is 42.6 Å². The maximum absolute atomic E-state index is 11.9. The second-order valence-corrected chi connectivity index (χ2v) is 8.36. The summed E-state index contributed by atoms with van der Waals surface area (Å²) in [5, 5.41) is 1.25. The number of H-pyrrole nitrogens is 1. The quantitative estimate of drug-likeness (QED) is 0.534. The zero-order valence-electron chi connectivity index (χ0n) is 18.6. The summed E-state index contributed by atoms with van der Waals surface area (Å²) in [6.07, 6.45) is 5.65. The average Bonchev–Trinajstić information content (AvgIpc) is 3.19. The Kier molecular flexibility index (Phi) is 6.47. The number of nitrogens with one attached hydrogen (secondary N) is 1. The second kappa shape index (κ2) is 9.43. The van der Waals surface area contributed by atoms with Gasteiger partial charge in [-0.1, -0.05) is 18.2 Å². The SMILES string of the molecule is COc1cc2c(cc1OCCN(C)C)C(CCc1c[nH]c3ccccc13)N(C=O)CC2. The Labute approximate surface area is 183 Å². The molecule has 6 nitrogen and oxygen atoms in total. The lowest BCUT2D eigenvalue weighted by atomic mass is 9.88. The highest BCUT2D eigenvalue weighted by Gasteiger charge is 2.28. The van der Waals surface area contributed by atoms with Gasteiger partial charge in [0.2, 0.25) is 6.41 Å². The zero-order valence-corrected chi connectivity index (χ0v) is 18.6. The summed E-state index contributed by atoms with van der Waals surface area (Å²) in [6.45, 7) is 2.13. The van der Waals surface area contributed by atoms with Gasteiger partial charge in [-0.05, 0) is 68.2 Å². The number of fused-ring (bicyclic) bond motifs is 2. The average molecular weight is 422 g/mol. The number of methoxy groups -OCH3 is 1. The number of hydrogen-bond acceptors (Lipinski definition) is 4. The largest absolute Gasteiger partial charge is 0.493 e. The summed E-state index contributed by atoms with van der Waals surface area (Å²) in [5.74, 6) is 1.50. The summed E-state index contributed by atoms with van der Waals surface area (Å²) in [7, 11) is 5.72. The van der Waals surface area contributed by atoms with Gasteiger partial charge < -0.3 is 24.3 Å². The molecule has 3 aromatic rings. The van der Waals surface area contributed by atoms with Crippen molar-refractivity contribution in [3.05, 3.63) is 59.3 Å². The maximum Gasteiger partial charge on any atom is 0.210 e. The van der Waals surface area contributed by atoms with E-state index in [1.54, 1.807) is 7.11 Å². The molecule has 1 aliphatic heterocycles. The Bertz CT molecular complexity index is 1040. The minimum Gasteiger partial charge on any atom is -0.493 e. The Morgan fingerprint density at radius 2 is 2.06 bits per heavy atom. The van der Waals surface area contributed by atoms with E-state index in [1.165, 1.54) is 22.1 Å². The highest BCUT2D eigenvalue weighted by atomic mass is 16.5. The van der Waals surface area contributed by atoms with Crippen LogP contribution in [0.1, 0.15) is 29.2 Å². The van der Waals surface area contributed by atoms with Gasteiger partial charge in [0.15, 0.2) is 11.5 Å². The molecule has 0 saturated heterocycles. The normalized spacial score (nSPS) is 15.9. The van der Waals surface area contributed by atoms with Crippen molar-refractivity contribution in [3.63, 3.8) is 0 Å². The molecule has 0 saturated carbocycles. The van der Waals surface area contributed by atoms with Crippen molar-refractivity contribution in [3.8, 4) is 11.5 Å². The van der Waals surface area contributed by atoms with Crippen molar-refractivity contribution >= 4 is 17.3 Å². The number of hydrogen-bond donors (Lipinski definition) is 1. The highest BCUT2D eigenvalue weighted by Crippen LogP contribution is 2.39. The van der Waals surface area contributed by atoms with Crippen LogP contribution < -0.4 is 9.47 Å². The van der Waals surface area contributed by atoms with Crippen LogP contribution in [0.2, 0.25) is 0 Å². The van der Waals surface area contributed by atoms with Gasteiger partial charge in [0.05, 0.1) is 13.2 Å². The first-order valence-corrected chi connectivity index (χ1v) is 10.8. The van der Waals surface area contributed by atoms with Crippen molar-refractivity contribution in [2.75, 3.05) is 40.9 Å². The standard InChI is InChI=1S/C25H31N3O3/c1-27(2)12-13-31-25-15-21-18(14-24(25)30-3)10-11-28(17-29)23(21)9-8-19-16-26-22-7-5-4-6-20(19)22/h4-7,14-17,23,26H,8-13H2,1-3H3. The minimum absolute atomic E-state index is 0.0250. The molecule has 6 heteroatoms. The molecule has 2 heterocycles. The van der Waals surface area contributed by atoms with Gasteiger partial charge in [-0.3, -0.25) is 4.79 Å². The van der Waals surface area contributed by atoms with E-state index in [0.717, 1.165) is 55.8 Å². The van der Waals surface area contributed by atoms with Crippen molar-refractivity contribution in [1.82, 2.24) is 14.8 Å². The van der Waals surface area contributed by atoms with Crippen LogP contribution >= 0.6 is 0 Å². The third-order valence-corrected chi connectivity index (χ3v) is 6.12. The number of nitrogens with zero attached hydrogens (tertiary/aromatic N) is 2. The lowest BCUT2D eigenvalue weighted by molar-refractivity contribution is -0.120. The highest BCUT2D eigenvalue weighted by molar-refractivity contribution is 5.83. The van der Waals surface area contributed by atoms with Gasteiger partial charge in [-0.25, -0.2) is 0 Å². The molecule has 0 bridgehead atoms. The number of benzene rings is 2. The third kappa shape index (κ3) is 4.54. The molecule has 4 rings (SSSR count). The van der Waals surface area contributed by atoms with Crippen LogP contribution in [0.4, 0.5) is 0 Å². The van der Waals surface area contributed by atoms with Gasteiger partial charge in [0, 0.05) is 30.2 Å². The molecule has 0 radical (unpaired) electrons. The molecule has 1 atom stereocenters. The first-order valence-electron chi connectivity index (χ1n) is 10.8. The molecule has 164 valence electrons. The van der Waals surface area contributed by atoms with Gasteiger partial charge in [0.1, 0.15) is 6.61 Å². The fraction of sp³-hybridized carbons (Fsp3) is 0.400. The summed E-state index contributed by atoms with van der Waals surface area (Å²) >= 11 is 0. The molecule has 1 N–H and O–H groups in total. The summed E-state index contributed by atoms with van der Waals surface area (Å²) in [6, 6.07) is 12.5. The van der Waals surface area contributed by atoms with Crippen LogP contribution in [0, 0.1) is 0 Å². The fourth-order valence-electron chi connectivity index (χ4n) is 4.42. The molecule has 2 aromatic carbocycles. The molecule has 0 fully saturated rings. The van der Waals surface area contributed by atoms with E-state index in [-0.39, 0.29) is 6.04 Å². The predicted octanol–water partition coefficient (Wildman–Crippen LogP) is 3.81. The van der Waals surface area contributed by atoms with Crippen LogP contribution in [0.25, 0.3) is 10.9 Å². The number of aromatic amines is 1. The molecule has 31 heavy (non-hydrogen) atoms. The molecule has 0 spiro atoms.